The average Bonchev–Trinajstić information content (AvgIpc) is 3.43. The second-order valence-corrected chi connectivity index (χ2v) is 7.12. The minimum Gasteiger partial charge on any atom is -0.337 e. The quantitative estimate of drug-likeness (QED) is 0.634. The number of carbonyl (C=O) groups is 1. The normalized spacial score (nSPS) is 13.5. The van der Waals surface area contributed by atoms with E-state index >= 15 is 0 Å². The van der Waals surface area contributed by atoms with E-state index in [1.165, 1.54) is 11.1 Å². The minimum atomic E-state index is 0.150. The number of nitrogens with zero attached hydrogens (tertiary/aromatic N) is 3. The fourth-order valence-corrected chi connectivity index (χ4v) is 3.13. The van der Waals surface area contributed by atoms with E-state index in [0.29, 0.717) is 30.7 Å². The van der Waals surface area contributed by atoms with E-state index in [9.17, 15) is 4.79 Å². The molecule has 5 nitrogen and oxygen atoms in total. The molecule has 2 aromatic carbocycles. The first-order valence-electron chi connectivity index (χ1n) is 9.42. The van der Waals surface area contributed by atoms with Crippen molar-refractivity contribution in [1.29, 1.82) is 0 Å². The van der Waals surface area contributed by atoms with E-state index in [2.05, 4.69) is 41.3 Å². The average molecular weight is 361 g/mol. The lowest BCUT2D eigenvalue weighted by molar-refractivity contribution is -0.132. The summed E-state index contributed by atoms with van der Waals surface area (Å²) in [7, 11) is 0. The summed E-state index contributed by atoms with van der Waals surface area (Å²) in [6.45, 7) is 2.45. The van der Waals surface area contributed by atoms with Crippen LogP contribution in [0, 0.1) is 6.92 Å². The Bertz CT molecular complexity index is 899. The Morgan fingerprint density at radius 2 is 1.85 bits per heavy atom. The Morgan fingerprint density at radius 1 is 1.11 bits per heavy atom. The number of amides is 1. The van der Waals surface area contributed by atoms with Crippen molar-refractivity contribution in [3.8, 4) is 11.4 Å². The van der Waals surface area contributed by atoms with Gasteiger partial charge in [0.25, 0.3) is 0 Å². The lowest BCUT2D eigenvalue weighted by atomic mass is 10.1. The number of carbonyl (C=O) groups excluding carboxylic acids is 1. The van der Waals surface area contributed by atoms with Gasteiger partial charge < -0.3 is 9.42 Å². The molecule has 1 heterocycles. The lowest BCUT2D eigenvalue weighted by Crippen LogP contribution is -2.32. The van der Waals surface area contributed by atoms with Crippen molar-refractivity contribution in [3.63, 3.8) is 0 Å². The van der Waals surface area contributed by atoms with Crippen molar-refractivity contribution in [2.75, 3.05) is 0 Å². The van der Waals surface area contributed by atoms with Gasteiger partial charge in [-0.3, -0.25) is 4.79 Å². The fourth-order valence-electron chi connectivity index (χ4n) is 3.13. The monoisotopic (exact) mass is 361 g/mol. The van der Waals surface area contributed by atoms with Gasteiger partial charge in [-0.2, -0.15) is 4.98 Å². The first-order chi connectivity index (χ1) is 13.2. The largest absolute Gasteiger partial charge is 0.337 e. The zero-order valence-corrected chi connectivity index (χ0v) is 15.5. The van der Waals surface area contributed by atoms with E-state index in [0.717, 1.165) is 24.8 Å². The molecule has 5 heteroatoms. The summed E-state index contributed by atoms with van der Waals surface area (Å²) in [6, 6.07) is 18.4. The molecule has 0 spiro atoms. The van der Waals surface area contributed by atoms with Crippen molar-refractivity contribution in [2.24, 2.45) is 0 Å². The molecular weight excluding hydrogens is 338 g/mol. The predicted molar refractivity (Wildman–Crippen MR) is 103 cm³/mol. The molecule has 0 atom stereocenters. The van der Waals surface area contributed by atoms with Crippen molar-refractivity contribution in [3.05, 3.63) is 71.6 Å². The van der Waals surface area contributed by atoms with Gasteiger partial charge in [0.2, 0.25) is 17.6 Å². The summed E-state index contributed by atoms with van der Waals surface area (Å²) in [5, 5.41) is 4.06. The van der Waals surface area contributed by atoms with Crippen LogP contribution in [0.4, 0.5) is 0 Å². The number of hydrogen-bond acceptors (Lipinski definition) is 4. The summed E-state index contributed by atoms with van der Waals surface area (Å²) in [4.78, 5) is 19.2. The van der Waals surface area contributed by atoms with Crippen LogP contribution in [0.15, 0.2) is 59.1 Å². The van der Waals surface area contributed by atoms with Gasteiger partial charge in [0.15, 0.2) is 0 Å². The van der Waals surface area contributed by atoms with Gasteiger partial charge in [-0.15, -0.1) is 0 Å². The molecule has 138 valence electrons. The van der Waals surface area contributed by atoms with Crippen LogP contribution in [0.25, 0.3) is 11.4 Å². The maximum Gasteiger partial charge on any atom is 0.246 e. The number of aryl methyl sites for hydroxylation is 2. The molecule has 0 N–H and O–H groups in total. The van der Waals surface area contributed by atoms with Crippen LogP contribution in [-0.4, -0.2) is 27.0 Å². The van der Waals surface area contributed by atoms with Crippen molar-refractivity contribution in [2.45, 2.75) is 45.2 Å². The second kappa shape index (κ2) is 7.74. The van der Waals surface area contributed by atoms with Gasteiger partial charge in [-0.25, -0.2) is 0 Å². The maximum absolute atomic E-state index is 12.8. The Balaban J connectivity index is 1.40. The highest BCUT2D eigenvalue weighted by Crippen LogP contribution is 2.29. The molecule has 1 aromatic heterocycles. The van der Waals surface area contributed by atoms with Crippen LogP contribution in [0.1, 0.15) is 36.3 Å². The van der Waals surface area contributed by atoms with Crippen molar-refractivity contribution in [1.82, 2.24) is 15.0 Å². The lowest BCUT2D eigenvalue weighted by Gasteiger charge is -2.20. The van der Waals surface area contributed by atoms with E-state index < -0.39 is 0 Å². The third-order valence-corrected chi connectivity index (χ3v) is 4.86. The maximum atomic E-state index is 12.8. The Hall–Kier alpha value is -2.95. The molecule has 0 saturated heterocycles. The van der Waals surface area contributed by atoms with Crippen LogP contribution in [0.2, 0.25) is 0 Å². The molecule has 0 bridgehead atoms. The third-order valence-electron chi connectivity index (χ3n) is 4.86. The first kappa shape index (κ1) is 17.5. The van der Waals surface area contributed by atoms with Crippen LogP contribution in [-0.2, 0) is 17.8 Å². The summed E-state index contributed by atoms with van der Waals surface area (Å²) < 4.78 is 5.40. The predicted octanol–water partition coefficient (Wildman–Crippen LogP) is 4.17. The zero-order chi connectivity index (χ0) is 18.6. The summed E-state index contributed by atoms with van der Waals surface area (Å²) >= 11 is 0. The van der Waals surface area contributed by atoms with E-state index in [-0.39, 0.29) is 5.91 Å². The van der Waals surface area contributed by atoms with Gasteiger partial charge in [0, 0.05) is 18.0 Å². The topological polar surface area (TPSA) is 59.2 Å². The highest BCUT2D eigenvalue weighted by molar-refractivity contribution is 5.77. The molecule has 1 fully saturated rings. The number of rotatable bonds is 7. The van der Waals surface area contributed by atoms with Gasteiger partial charge in [-0.05, 0) is 31.7 Å². The molecule has 27 heavy (non-hydrogen) atoms. The number of hydrogen-bond donors (Lipinski definition) is 0. The minimum absolute atomic E-state index is 0.150. The highest BCUT2D eigenvalue weighted by atomic mass is 16.5. The Labute approximate surface area is 159 Å². The molecular formula is C22H23N3O2. The highest BCUT2D eigenvalue weighted by Gasteiger charge is 2.33. The first-order valence-corrected chi connectivity index (χ1v) is 9.42. The van der Waals surface area contributed by atoms with Gasteiger partial charge in [0.05, 0.1) is 0 Å². The molecule has 0 aliphatic heterocycles. The van der Waals surface area contributed by atoms with Gasteiger partial charge >= 0.3 is 0 Å². The smallest absolute Gasteiger partial charge is 0.246 e. The third kappa shape index (κ3) is 4.42. The van der Waals surface area contributed by atoms with Gasteiger partial charge in [-0.1, -0.05) is 65.3 Å². The Kier molecular flexibility index (Phi) is 5.01. The Morgan fingerprint density at radius 3 is 2.56 bits per heavy atom. The molecule has 3 aromatic rings. The summed E-state index contributed by atoms with van der Waals surface area (Å²) in [5.74, 6) is 1.20. The molecule has 4 rings (SSSR count). The van der Waals surface area contributed by atoms with Crippen LogP contribution >= 0.6 is 0 Å². The standard InChI is InChI=1S/C22H23N3O2/c1-16-7-9-17(10-8-16)11-14-21(26)25(19-12-13-19)15-20-23-22(24-27-20)18-5-3-2-4-6-18/h2-10,19H,11-15H2,1H3. The molecule has 1 aliphatic rings. The molecule has 1 aliphatic carbocycles. The number of benzene rings is 2. The van der Waals surface area contributed by atoms with E-state index in [1.54, 1.807) is 0 Å². The van der Waals surface area contributed by atoms with E-state index in [4.69, 9.17) is 4.52 Å². The summed E-state index contributed by atoms with van der Waals surface area (Å²) in [5.41, 5.74) is 3.33. The van der Waals surface area contributed by atoms with Crippen molar-refractivity contribution >= 4 is 5.91 Å². The zero-order valence-electron chi connectivity index (χ0n) is 15.5. The molecule has 0 unspecified atom stereocenters. The van der Waals surface area contributed by atoms with Crippen LogP contribution < -0.4 is 0 Å². The van der Waals surface area contributed by atoms with E-state index in [1.807, 2.05) is 35.2 Å². The fraction of sp³-hybridized carbons (Fsp3) is 0.318. The van der Waals surface area contributed by atoms with Crippen molar-refractivity contribution < 1.29 is 9.32 Å². The SMILES string of the molecule is Cc1ccc(CCC(=O)N(Cc2nc(-c3ccccc3)no2)C2CC2)cc1. The van der Waals surface area contributed by atoms with Gasteiger partial charge in [0.1, 0.15) is 6.54 Å². The molecule has 1 amide bonds. The number of aromatic nitrogens is 2. The second-order valence-electron chi connectivity index (χ2n) is 7.12. The molecule has 1 saturated carbocycles. The summed E-state index contributed by atoms with van der Waals surface area (Å²) in [6.07, 6.45) is 3.35. The van der Waals surface area contributed by atoms with Crippen LogP contribution in [0.5, 0.6) is 0 Å². The van der Waals surface area contributed by atoms with Crippen LogP contribution in [0.3, 0.4) is 0 Å². The molecule has 0 radical (unpaired) electrons.